The first kappa shape index (κ1) is 14.2. The molecule has 0 heterocycles. The first-order valence-corrected chi connectivity index (χ1v) is 6.11. The van der Waals surface area contributed by atoms with Gasteiger partial charge in [-0.15, -0.1) is 0 Å². The number of nitrogens with two attached hydrogens (primary N) is 1. The third-order valence-electron chi connectivity index (χ3n) is 3.06. The molecule has 2 nitrogen and oxygen atoms in total. The number of nitrogen functional groups attached to an aromatic ring is 1. The predicted molar refractivity (Wildman–Crippen MR) is 74.3 cm³/mol. The van der Waals surface area contributed by atoms with E-state index in [0.29, 0.717) is 11.3 Å². The van der Waals surface area contributed by atoms with Gasteiger partial charge in [0.1, 0.15) is 5.82 Å². The maximum Gasteiger partial charge on any atom is 0.265 e. The van der Waals surface area contributed by atoms with Crippen LogP contribution >= 0.6 is 0 Å². The highest BCUT2D eigenvalue weighted by Gasteiger charge is 2.17. The van der Waals surface area contributed by atoms with Gasteiger partial charge in [-0.05, 0) is 24.3 Å². The summed E-state index contributed by atoms with van der Waals surface area (Å²) < 4.78 is 39.7. The van der Waals surface area contributed by atoms with E-state index in [0.717, 1.165) is 0 Å². The molecule has 2 rings (SSSR count). The zero-order chi connectivity index (χ0) is 14.7. The Bertz CT molecular complexity index is 599. The molecule has 2 aromatic rings. The number of hydrogen-bond acceptors (Lipinski definition) is 2. The summed E-state index contributed by atoms with van der Waals surface area (Å²) >= 11 is 0. The van der Waals surface area contributed by atoms with Crippen molar-refractivity contribution in [2.45, 2.75) is 13.0 Å². The molecule has 0 aliphatic heterocycles. The fourth-order valence-corrected chi connectivity index (χ4v) is 2.06. The monoisotopic (exact) mass is 280 g/mol. The summed E-state index contributed by atoms with van der Waals surface area (Å²) in [5.74, 6) is -0.353. The number of alkyl halides is 2. The highest BCUT2D eigenvalue weighted by atomic mass is 19.3. The van der Waals surface area contributed by atoms with E-state index in [-0.39, 0.29) is 23.6 Å². The normalized spacial score (nSPS) is 10.8. The molecule has 0 atom stereocenters. The second-order valence-electron chi connectivity index (χ2n) is 4.57. The van der Waals surface area contributed by atoms with Crippen molar-refractivity contribution in [2.24, 2.45) is 0 Å². The van der Waals surface area contributed by atoms with Gasteiger partial charge in [-0.2, -0.15) is 0 Å². The van der Waals surface area contributed by atoms with E-state index in [4.69, 9.17) is 5.73 Å². The zero-order valence-corrected chi connectivity index (χ0v) is 11.0. The van der Waals surface area contributed by atoms with Crippen molar-refractivity contribution in [1.29, 1.82) is 0 Å². The lowest BCUT2D eigenvalue weighted by Crippen LogP contribution is -2.19. The Morgan fingerprint density at radius 2 is 1.85 bits per heavy atom. The Morgan fingerprint density at radius 3 is 2.50 bits per heavy atom. The van der Waals surface area contributed by atoms with E-state index in [1.807, 2.05) is 0 Å². The molecule has 5 heteroatoms. The van der Waals surface area contributed by atoms with Gasteiger partial charge in [-0.3, -0.25) is 0 Å². The van der Waals surface area contributed by atoms with Crippen LogP contribution in [0.4, 0.5) is 24.5 Å². The third kappa shape index (κ3) is 3.04. The molecule has 20 heavy (non-hydrogen) atoms. The molecular weight excluding hydrogens is 265 g/mol. The van der Waals surface area contributed by atoms with Gasteiger partial charge < -0.3 is 10.6 Å². The van der Waals surface area contributed by atoms with Gasteiger partial charge in [0.05, 0.1) is 0 Å². The maximum atomic E-state index is 13.6. The predicted octanol–water partition coefficient (Wildman–Crippen LogP) is 3.98. The number of hydrogen-bond donors (Lipinski definition) is 1. The van der Waals surface area contributed by atoms with Crippen molar-refractivity contribution in [2.75, 3.05) is 17.7 Å². The molecule has 0 unspecified atom stereocenters. The van der Waals surface area contributed by atoms with Crippen molar-refractivity contribution in [1.82, 2.24) is 0 Å². The van der Waals surface area contributed by atoms with Crippen molar-refractivity contribution >= 4 is 11.4 Å². The van der Waals surface area contributed by atoms with Gasteiger partial charge in [0, 0.05) is 36.1 Å². The highest BCUT2D eigenvalue weighted by molar-refractivity contribution is 5.60. The summed E-state index contributed by atoms with van der Waals surface area (Å²) in [6, 6.07) is 10.6. The average Bonchev–Trinajstić information content (AvgIpc) is 2.41. The Morgan fingerprint density at radius 1 is 1.15 bits per heavy atom. The lowest BCUT2D eigenvalue weighted by molar-refractivity contribution is 0.152. The van der Waals surface area contributed by atoms with Crippen molar-refractivity contribution in [3.05, 3.63) is 59.4 Å². The zero-order valence-electron chi connectivity index (χ0n) is 11.0. The first-order chi connectivity index (χ1) is 9.49. The summed E-state index contributed by atoms with van der Waals surface area (Å²) in [5.41, 5.74) is 6.46. The summed E-state index contributed by atoms with van der Waals surface area (Å²) in [4.78, 5) is 1.58. The summed E-state index contributed by atoms with van der Waals surface area (Å²) in [7, 11) is 1.64. The van der Waals surface area contributed by atoms with Gasteiger partial charge in [0.15, 0.2) is 0 Å². The van der Waals surface area contributed by atoms with Gasteiger partial charge in [0.2, 0.25) is 0 Å². The average molecular weight is 280 g/mol. The number of nitrogens with zero attached hydrogens (tertiary/aromatic N) is 1. The van der Waals surface area contributed by atoms with Gasteiger partial charge >= 0.3 is 0 Å². The molecule has 0 spiro atoms. The number of halogens is 3. The summed E-state index contributed by atoms with van der Waals surface area (Å²) in [5, 5.41) is 0. The molecule has 0 radical (unpaired) electrons. The van der Waals surface area contributed by atoms with Crippen molar-refractivity contribution in [3.63, 3.8) is 0 Å². The highest BCUT2D eigenvalue weighted by Crippen LogP contribution is 2.31. The summed E-state index contributed by atoms with van der Waals surface area (Å²) in [6.45, 7) is 0.205. The number of anilines is 2. The number of benzene rings is 2. The van der Waals surface area contributed by atoms with E-state index in [2.05, 4.69) is 0 Å². The van der Waals surface area contributed by atoms with Crippen LogP contribution in [-0.4, -0.2) is 7.05 Å². The molecule has 0 bridgehead atoms. The van der Waals surface area contributed by atoms with Gasteiger partial charge in [-0.1, -0.05) is 18.2 Å². The first-order valence-electron chi connectivity index (χ1n) is 6.11. The molecule has 2 N–H and O–H groups in total. The SMILES string of the molecule is CN(Cc1ccccc1F)c1ccc(N)cc1C(F)F. The lowest BCUT2D eigenvalue weighted by atomic mass is 10.1. The topological polar surface area (TPSA) is 29.3 Å². The minimum absolute atomic E-state index is 0.149. The molecule has 0 fully saturated rings. The van der Waals surface area contributed by atoms with Crippen LogP contribution in [0, 0.1) is 5.82 Å². The number of rotatable bonds is 4. The lowest BCUT2D eigenvalue weighted by Gasteiger charge is -2.23. The van der Waals surface area contributed by atoms with Crippen molar-refractivity contribution < 1.29 is 13.2 Å². The smallest absolute Gasteiger partial charge is 0.265 e. The second-order valence-corrected chi connectivity index (χ2v) is 4.57. The quantitative estimate of drug-likeness (QED) is 0.858. The largest absolute Gasteiger partial charge is 0.399 e. The van der Waals surface area contributed by atoms with Crippen LogP contribution < -0.4 is 10.6 Å². The second kappa shape index (κ2) is 5.86. The van der Waals surface area contributed by atoms with E-state index < -0.39 is 6.43 Å². The minimum atomic E-state index is -2.63. The molecule has 106 valence electrons. The molecule has 0 saturated carbocycles. The van der Waals surface area contributed by atoms with E-state index in [9.17, 15) is 13.2 Å². The molecule has 0 amide bonds. The van der Waals surface area contributed by atoms with Crippen LogP contribution in [0.2, 0.25) is 0 Å². The van der Waals surface area contributed by atoms with Crippen LogP contribution in [-0.2, 0) is 6.54 Å². The van der Waals surface area contributed by atoms with E-state index in [1.165, 1.54) is 18.2 Å². The van der Waals surface area contributed by atoms with Gasteiger partial charge in [-0.25, -0.2) is 13.2 Å². The van der Waals surface area contributed by atoms with Crippen LogP contribution in [0.25, 0.3) is 0 Å². The van der Waals surface area contributed by atoms with Crippen LogP contribution in [0.5, 0.6) is 0 Å². The molecular formula is C15H15F3N2. The van der Waals surface area contributed by atoms with Crippen molar-refractivity contribution in [3.8, 4) is 0 Å². The van der Waals surface area contributed by atoms with Crippen LogP contribution in [0.3, 0.4) is 0 Å². The standard InChI is InChI=1S/C15H15F3N2/c1-20(9-10-4-2-3-5-13(10)16)14-7-6-11(19)8-12(14)15(17)18/h2-8,15H,9,19H2,1H3. The Balaban J connectivity index is 2.30. The maximum absolute atomic E-state index is 13.6. The molecule has 2 aromatic carbocycles. The fourth-order valence-electron chi connectivity index (χ4n) is 2.06. The Hall–Kier alpha value is -2.17. The third-order valence-corrected chi connectivity index (χ3v) is 3.06. The minimum Gasteiger partial charge on any atom is -0.399 e. The van der Waals surface area contributed by atoms with E-state index in [1.54, 1.807) is 36.2 Å². The Kier molecular flexibility index (Phi) is 4.17. The Labute approximate surface area is 115 Å². The van der Waals surface area contributed by atoms with Crippen LogP contribution in [0.15, 0.2) is 42.5 Å². The molecule has 0 aliphatic rings. The fraction of sp³-hybridized carbons (Fsp3) is 0.200. The molecule has 0 aromatic heterocycles. The molecule has 0 saturated heterocycles. The molecule has 0 aliphatic carbocycles. The van der Waals surface area contributed by atoms with E-state index >= 15 is 0 Å². The summed E-state index contributed by atoms with van der Waals surface area (Å²) in [6.07, 6.45) is -2.63. The van der Waals surface area contributed by atoms with Gasteiger partial charge in [0.25, 0.3) is 6.43 Å². The van der Waals surface area contributed by atoms with Crippen LogP contribution in [0.1, 0.15) is 17.6 Å².